The van der Waals surface area contributed by atoms with E-state index in [2.05, 4.69) is 16.0 Å². The first kappa shape index (κ1) is 10.8. The van der Waals surface area contributed by atoms with Crippen molar-refractivity contribution < 1.29 is 4.74 Å². The number of aromatic nitrogens is 2. The summed E-state index contributed by atoms with van der Waals surface area (Å²) >= 11 is 0. The van der Waals surface area contributed by atoms with E-state index in [0.29, 0.717) is 17.6 Å². The van der Waals surface area contributed by atoms with Crippen LogP contribution in [0.25, 0.3) is 0 Å². The Morgan fingerprint density at radius 2 is 2.06 bits per heavy atom. The van der Waals surface area contributed by atoms with E-state index in [4.69, 9.17) is 10.00 Å². The fourth-order valence-corrected chi connectivity index (χ4v) is 1.91. The smallest absolute Gasteiger partial charge is 0.183 e. The molecule has 2 heterocycles. The van der Waals surface area contributed by atoms with Gasteiger partial charge in [0.25, 0.3) is 0 Å². The van der Waals surface area contributed by atoms with Crippen LogP contribution in [0.3, 0.4) is 0 Å². The maximum Gasteiger partial charge on any atom is 0.183 e. The van der Waals surface area contributed by atoms with Crippen LogP contribution in [0.15, 0.2) is 12.4 Å². The zero-order valence-electron chi connectivity index (χ0n) is 9.26. The highest BCUT2D eigenvalue weighted by Crippen LogP contribution is 2.20. The van der Waals surface area contributed by atoms with E-state index in [0.717, 1.165) is 26.1 Å². The first-order valence-corrected chi connectivity index (χ1v) is 5.34. The quantitative estimate of drug-likeness (QED) is 0.740. The van der Waals surface area contributed by atoms with Gasteiger partial charge in [-0.05, 0) is 12.8 Å². The second kappa shape index (κ2) is 4.90. The molecule has 0 bridgehead atoms. The van der Waals surface area contributed by atoms with Gasteiger partial charge in [-0.25, -0.2) is 9.97 Å². The summed E-state index contributed by atoms with van der Waals surface area (Å²) in [5.74, 6) is 0.664. The van der Waals surface area contributed by atoms with Gasteiger partial charge in [0.1, 0.15) is 6.07 Å². The molecule has 1 aromatic heterocycles. The van der Waals surface area contributed by atoms with E-state index in [-0.39, 0.29) is 0 Å². The van der Waals surface area contributed by atoms with Gasteiger partial charge in [0, 0.05) is 38.7 Å². The van der Waals surface area contributed by atoms with Gasteiger partial charge < -0.3 is 9.64 Å². The van der Waals surface area contributed by atoms with Gasteiger partial charge in [0.2, 0.25) is 0 Å². The van der Waals surface area contributed by atoms with Gasteiger partial charge in [-0.1, -0.05) is 0 Å². The fourth-order valence-electron chi connectivity index (χ4n) is 1.91. The summed E-state index contributed by atoms with van der Waals surface area (Å²) in [6, 6.07) is 2.46. The Labute approximate surface area is 94.7 Å². The predicted octanol–water partition coefficient (Wildman–Crippen LogP) is 0.963. The molecule has 1 aliphatic heterocycles. The van der Waals surface area contributed by atoms with Crippen molar-refractivity contribution in [3.05, 3.63) is 18.1 Å². The summed E-state index contributed by atoms with van der Waals surface area (Å²) in [6.45, 7) is 1.55. The second-order valence-corrected chi connectivity index (χ2v) is 3.79. The lowest BCUT2D eigenvalue weighted by Crippen LogP contribution is -2.37. The van der Waals surface area contributed by atoms with E-state index in [1.165, 1.54) is 0 Å². The number of nitrogens with zero attached hydrogens (tertiary/aromatic N) is 4. The van der Waals surface area contributed by atoms with Crippen LogP contribution < -0.4 is 4.90 Å². The van der Waals surface area contributed by atoms with E-state index >= 15 is 0 Å². The lowest BCUT2D eigenvalue weighted by Gasteiger charge is -2.32. The van der Waals surface area contributed by atoms with Crippen LogP contribution in [0, 0.1) is 11.3 Å². The third kappa shape index (κ3) is 2.12. The van der Waals surface area contributed by atoms with Gasteiger partial charge in [-0.15, -0.1) is 0 Å². The van der Waals surface area contributed by atoms with E-state index < -0.39 is 0 Å². The van der Waals surface area contributed by atoms with Gasteiger partial charge >= 0.3 is 0 Å². The van der Waals surface area contributed by atoms with Crippen molar-refractivity contribution in [2.45, 2.75) is 18.9 Å². The molecule has 2 rings (SSSR count). The third-order valence-electron chi connectivity index (χ3n) is 2.86. The van der Waals surface area contributed by atoms with Crippen LogP contribution in [-0.4, -0.2) is 36.3 Å². The Morgan fingerprint density at radius 1 is 1.38 bits per heavy atom. The molecule has 0 atom stereocenters. The molecule has 0 N–H and O–H groups in total. The molecule has 16 heavy (non-hydrogen) atoms. The van der Waals surface area contributed by atoms with E-state index in [1.807, 2.05) is 11.9 Å². The summed E-state index contributed by atoms with van der Waals surface area (Å²) in [7, 11) is 1.96. The topological polar surface area (TPSA) is 62.0 Å². The van der Waals surface area contributed by atoms with Crippen molar-refractivity contribution in [3.8, 4) is 6.07 Å². The maximum atomic E-state index is 8.96. The Morgan fingerprint density at radius 3 is 2.75 bits per heavy atom. The van der Waals surface area contributed by atoms with Gasteiger partial charge in [-0.3, -0.25) is 0 Å². The molecule has 1 aromatic rings. The molecule has 0 unspecified atom stereocenters. The third-order valence-corrected chi connectivity index (χ3v) is 2.86. The second-order valence-electron chi connectivity index (χ2n) is 3.79. The number of hydrogen-bond acceptors (Lipinski definition) is 5. The monoisotopic (exact) mass is 218 g/mol. The predicted molar refractivity (Wildman–Crippen MR) is 59.0 cm³/mol. The molecular formula is C11H14N4O. The molecule has 5 heteroatoms. The molecule has 0 aromatic carbocycles. The molecule has 0 spiro atoms. The standard InChI is InChI=1S/C11H14N4O/c1-15(9-2-6-16-7-3-9)11-10(8-12)13-4-5-14-11/h4-5,9H,2-3,6-7H2,1H3. The summed E-state index contributed by atoms with van der Waals surface area (Å²) in [4.78, 5) is 10.3. The van der Waals surface area contributed by atoms with Crippen LogP contribution >= 0.6 is 0 Å². The minimum Gasteiger partial charge on any atom is -0.381 e. The van der Waals surface area contributed by atoms with Crippen molar-refractivity contribution in [2.75, 3.05) is 25.2 Å². The Hall–Kier alpha value is -1.67. The molecule has 1 aliphatic rings. The highest BCUT2D eigenvalue weighted by atomic mass is 16.5. The number of rotatable bonds is 2. The Bertz CT molecular complexity index is 395. The molecule has 0 aliphatic carbocycles. The average molecular weight is 218 g/mol. The number of hydrogen-bond donors (Lipinski definition) is 0. The molecule has 0 radical (unpaired) electrons. The van der Waals surface area contributed by atoms with Crippen LogP contribution in [0.2, 0.25) is 0 Å². The first-order valence-electron chi connectivity index (χ1n) is 5.34. The Kier molecular flexibility index (Phi) is 3.32. The fraction of sp³-hybridized carbons (Fsp3) is 0.545. The lowest BCUT2D eigenvalue weighted by atomic mass is 10.1. The van der Waals surface area contributed by atoms with Crippen molar-refractivity contribution in [1.29, 1.82) is 5.26 Å². The van der Waals surface area contributed by atoms with Crippen LogP contribution in [-0.2, 0) is 4.74 Å². The SMILES string of the molecule is CN(c1nccnc1C#N)C1CCOCC1. The van der Waals surface area contributed by atoms with Gasteiger partial charge in [0.15, 0.2) is 11.5 Å². The summed E-state index contributed by atoms with van der Waals surface area (Å²) in [5, 5.41) is 8.96. The van der Waals surface area contributed by atoms with E-state index in [9.17, 15) is 0 Å². The van der Waals surface area contributed by atoms with Crippen LogP contribution in [0.4, 0.5) is 5.82 Å². The average Bonchev–Trinajstić information content (AvgIpc) is 2.39. The van der Waals surface area contributed by atoms with E-state index in [1.54, 1.807) is 12.4 Å². The van der Waals surface area contributed by atoms with Crippen molar-refractivity contribution in [1.82, 2.24) is 9.97 Å². The Balaban J connectivity index is 2.19. The van der Waals surface area contributed by atoms with Gasteiger partial charge in [0.05, 0.1) is 0 Å². The maximum absolute atomic E-state index is 8.96. The zero-order chi connectivity index (χ0) is 11.4. The molecular weight excluding hydrogens is 204 g/mol. The van der Waals surface area contributed by atoms with Gasteiger partial charge in [-0.2, -0.15) is 5.26 Å². The normalized spacial score (nSPS) is 16.8. The number of ether oxygens (including phenoxy) is 1. The molecule has 5 nitrogen and oxygen atoms in total. The van der Waals surface area contributed by atoms with Crippen molar-refractivity contribution in [2.24, 2.45) is 0 Å². The summed E-state index contributed by atoms with van der Waals surface area (Å²) in [6.07, 6.45) is 5.10. The highest BCUT2D eigenvalue weighted by Gasteiger charge is 2.21. The minimum atomic E-state index is 0.386. The molecule has 84 valence electrons. The minimum absolute atomic E-state index is 0.386. The number of nitriles is 1. The molecule has 1 saturated heterocycles. The summed E-state index contributed by atoms with van der Waals surface area (Å²) in [5.41, 5.74) is 0.386. The van der Waals surface area contributed by atoms with Crippen molar-refractivity contribution >= 4 is 5.82 Å². The number of anilines is 1. The summed E-state index contributed by atoms with van der Waals surface area (Å²) < 4.78 is 5.31. The molecule has 1 fully saturated rings. The molecule has 0 amide bonds. The van der Waals surface area contributed by atoms with Crippen LogP contribution in [0.5, 0.6) is 0 Å². The molecule has 0 saturated carbocycles. The largest absolute Gasteiger partial charge is 0.381 e. The first-order chi connectivity index (χ1) is 7.83. The highest BCUT2D eigenvalue weighted by molar-refractivity contribution is 5.49. The van der Waals surface area contributed by atoms with Crippen molar-refractivity contribution in [3.63, 3.8) is 0 Å². The zero-order valence-corrected chi connectivity index (χ0v) is 9.26. The lowest BCUT2D eigenvalue weighted by molar-refractivity contribution is 0.0853. The van der Waals surface area contributed by atoms with Crippen LogP contribution in [0.1, 0.15) is 18.5 Å².